The maximum absolute atomic E-state index is 14.0. The first-order valence-electron chi connectivity index (χ1n) is 8.77. The maximum Gasteiger partial charge on any atom is 0.268 e. The van der Waals surface area contributed by atoms with Gasteiger partial charge in [0.15, 0.2) is 0 Å². The van der Waals surface area contributed by atoms with Crippen LogP contribution in [-0.2, 0) is 23.0 Å². The van der Waals surface area contributed by atoms with Gasteiger partial charge in [0.2, 0.25) is 0 Å². The molecule has 0 saturated carbocycles. The van der Waals surface area contributed by atoms with Gasteiger partial charge in [-0.05, 0) is 38.0 Å². The summed E-state index contributed by atoms with van der Waals surface area (Å²) in [5, 5.41) is 4.38. The van der Waals surface area contributed by atoms with E-state index in [0.717, 1.165) is 11.3 Å². The van der Waals surface area contributed by atoms with Crippen molar-refractivity contribution >= 4 is 15.7 Å². The van der Waals surface area contributed by atoms with Crippen molar-refractivity contribution in [3.05, 3.63) is 76.9 Å². The number of hydrogen-bond donors (Lipinski definition) is 0. The molecule has 0 saturated heterocycles. The largest absolute Gasteiger partial charge is 0.268 e. The molecule has 3 aromatic rings. The first-order chi connectivity index (χ1) is 12.9. The van der Waals surface area contributed by atoms with Crippen LogP contribution in [0.4, 0.5) is 10.1 Å². The van der Waals surface area contributed by atoms with Crippen LogP contribution >= 0.6 is 0 Å². The molecule has 0 unspecified atom stereocenters. The number of halogens is 1. The van der Waals surface area contributed by atoms with Gasteiger partial charge >= 0.3 is 0 Å². The van der Waals surface area contributed by atoms with Crippen LogP contribution < -0.4 is 4.31 Å². The van der Waals surface area contributed by atoms with E-state index in [-0.39, 0.29) is 17.3 Å². The number of nitrogens with zero attached hydrogens (tertiary/aromatic N) is 3. The molecule has 0 amide bonds. The van der Waals surface area contributed by atoms with Gasteiger partial charge in [-0.25, -0.2) is 12.8 Å². The van der Waals surface area contributed by atoms with E-state index >= 15 is 0 Å². The minimum atomic E-state index is -3.74. The Morgan fingerprint density at radius 2 is 1.78 bits per heavy atom. The molecular formula is C20H20FN3O2S. The fourth-order valence-electron chi connectivity index (χ4n) is 3.66. The number of anilines is 1. The molecule has 0 fully saturated rings. The van der Waals surface area contributed by atoms with Crippen LogP contribution in [-0.4, -0.2) is 24.7 Å². The summed E-state index contributed by atoms with van der Waals surface area (Å²) in [5.74, 6) is -0.331. The Bertz CT molecular complexity index is 1120. The van der Waals surface area contributed by atoms with E-state index in [1.165, 1.54) is 10.4 Å². The summed E-state index contributed by atoms with van der Waals surface area (Å²) < 4.78 is 43.7. The lowest BCUT2D eigenvalue weighted by Gasteiger charge is -2.19. The van der Waals surface area contributed by atoms with Crippen LogP contribution in [0.2, 0.25) is 0 Å². The maximum atomic E-state index is 14.0. The molecule has 0 bridgehead atoms. The first-order valence-corrected chi connectivity index (χ1v) is 10.2. The highest BCUT2D eigenvalue weighted by molar-refractivity contribution is 7.93. The molecule has 4 rings (SSSR count). The summed E-state index contributed by atoms with van der Waals surface area (Å²) in [6.07, 6.45) is 0.691. The molecule has 1 aliphatic heterocycles. The Morgan fingerprint density at radius 3 is 2.56 bits per heavy atom. The van der Waals surface area contributed by atoms with Crippen molar-refractivity contribution in [3.63, 3.8) is 0 Å². The molecule has 0 atom stereocenters. The summed E-state index contributed by atoms with van der Waals surface area (Å²) in [4.78, 5) is 0.204. The van der Waals surface area contributed by atoms with E-state index in [1.54, 1.807) is 36.7 Å². The van der Waals surface area contributed by atoms with E-state index in [2.05, 4.69) is 5.10 Å². The van der Waals surface area contributed by atoms with Gasteiger partial charge in [-0.1, -0.05) is 36.4 Å². The molecule has 7 heteroatoms. The van der Waals surface area contributed by atoms with E-state index in [0.29, 0.717) is 29.9 Å². The highest BCUT2D eigenvalue weighted by atomic mass is 32.2. The molecular weight excluding hydrogens is 365 g/mol. The number of aromatic nitrogens is 2. The van der Waals surface area contributed by atoms with Gasteiger partial charge in [-0.15, -0.1) is 0 Å². The number of benzene rings is 2. The molecule has 5 nitrogen and oxygen atoms in total. The Labute approximate surface area is 158 Å². The van der Waals surface area contributed by atoms with E-state index in [1.807, 2.05) is 24.3 Å². The number of fused-ring (bicyclic) bond motifs is 1. The highest BCUT2D eigenvalue weighted by Gasteiger charge is 2.34. The van der Waals surface area contributed by atoms with Crippen LogP contribution in [0.15, 0.2) is 53.4 Å². The number of sulfonamides is 1. The summed E-state index contributed by atoms with van der Waals surface area (Å²) in [6.45, 7) is 4.00. The van der Waals surface area contributed by atoms with Gasteiger partial charge in [0.05, 0.1) is 23.6 Å². The summed E-state index contributed by atoms with van der Waals surface area (Å²) in [6, 6.07) is 14.0. The van der Waals surface area contributed by atoms with Gasteiger partial charge in [-0.2, -0.15) is 5.10 Å². The number of aryl methyl sites for hydroxylation is 1. The minimum Gasteiger partial charge on any atom is -0.266 e. The summed E-state index contributed by atoms with van der Waals surface area (Å²) in [7, 11) is -3.74. The lowest BCUT2D eigenvalue weighted by atomic mass is 10.2. The third kappa shape index (κ3) is 2.92. The number of rotatable bonds is 4. The van der Waals surface area contributed by atoms with Crippen molar-refractivity contribution in [2.24, 2.45) is 0 Å². The highest BCUT2D eigenvalue weighted by Crippen LogP contribution is 2.34. The topological polar surface area (TPSA) is 55.2 Å². The van der Waals surface area contributed by atoms with Crippen LogP contribution in [0.5, 0.6) is 0 Å². The fourth-order valence-corrected chi connectivity index (χ4v) is 5.55. The van der Waals surface area contributed by atoms with E-state index < -0.39 is 10.0 Å². The monoisotopic (exact) mass is 385 g/mol. The molecule has 0 radical (unpaired) electrons. The quantitative estimate of drug-likeness (QED) is 0.691. The standard InChI is InChI=1S/C20H20FN3O2S/c1-14-20(15(2)23(22-14)13-17-8-3-5-9-18(17)21)27(25,26)24-12-11-16-7-4-6-10-19(16)24/h3-10H,11-13H2,1-2H3. The second-order valence-corrected chi connectivity index (χ2v) is 8.50. The van der Waals surface area contributed by atoms with Gasteiger partial charge in [-0.3, -0.25) is 8.99 Å². The molecule has 2 aromatic carbocycles. The third-order valence-corrected chi connectivity index (χ3v) is 7.05. The van der Waals surface area contributed by atoms with Crippen LogP contribution in [0.25, 0.3) is 0 Å². The normalized spacial score (nSPS) is 13.8. The predicted octanol–water partition coefficient (Wildman–Crippen LogP) is 3.44. The molecule has 0 N–H and O–H groups in total. The minimum absolute atomic E-state index is 0.186. The molecule has 1 aromatic heterocycles. The summed E-state index contributed by atoms with van der Waals surface area (Å²) >= 11 is 0. The average molecular weight is 385 g/mol. The Kier molecular flexibility index (Phi) is 4.26. The van der Waals surface area contributed by atoms with Crippen molar-refractivity contribution in [2.75, 3.05) is 10.8 Å². The van der Waals surface area contributed by atoms with Crippen LogP contribution in [0.1, 0.15) is 22.5 Å². The van der Waals surface area contributed by atoms with Crippen molar-refractivity contribution in [2.45, 2.75) is 31.7 Å². The second-order valence-electron chi connectivity index (χ2n) is 6.70. The summed E-state index contributed by atoms with van der Waals surface area (Å²) in [5.41, 5.74) is 3.15. The Morgan fingerprint density at radius 1 is 1.07 bits per heavy atom. The van der Waals surface area contributed by atoms with Crippen molar-refractivity contribution < 1.29 is 12.8 Å². The van der Waals surface area contributed by atoms with Gasteiger partial charge in [0.25, 0.3) is 10.0 Å². The molecule has 0 spiro atoms. The smallest absolute Gasteiger partial charge is 0.266 e. The zero-order valence-corrected chi connectivity index (χ0v) is 16.0. The van der Waals surface area contributed by atoms with Crippen molar-refractivity contribution in [1.29, 1.82) is 0 Å². The lowest BCUT2D eigenvalue weighted by Crippen LogP contribution is -2.30. The SMILES string of the molecule is Cc1nn(Cc2ccccc2F)c(C)c1S(=O)(=O)N1CCc2ccccc21. The Balaban J connectivity index is 1.75. The van der Waals surface area contributed by atoms with Crippen LogP contribution in [0, 0.1) is 19.7 Å². The van der Waals surface area contributed by atoms with Crippen LogP contribution in [0.3, 0.4) is 0 Å². The average Bonchev–Trinajstić information content (AvgIpc) is 3.19. The van der Waals surface area contributed by atoms with Crippen molar-refractivity contribution in [1.82, 2.24) is 9.78 Å². The van der Waals surface area contributed by atoms with E-state index in [9.17, 15) is 12.8 Å². The zero-order valence-electron chi connectivity index (χ0n) is 15.2. The molecule has 27 heavy (non-hydrogen) atoms. The fraction of sp³-hybridized carbons (Fsp3) is 0.250. The molecule has 0 aliphatic carbocycles. The zero-order chi connectivity index (χ0) is 19.2. The third-order valence-electron chi connectivity index (χ3n) is 4.99. The number of para-hydroxylation sites is 1. The second kappa shape index (κ2) is 6.49. The Hall–Kier alpha value is -2.67. The van der Waals surface area contributed by atoms with Gasteiger partial charge in [0, 0.05) is 12.1 Å². The van der Waals surface area contributed by atoms with Gasteiger partial charge < -0.3 is 0 Å². The van der Waals surface area contributed by atoms with Gasteiger partial charge in [0.1, 0.15) is 10.7 Å². The van der Waals surface area contributed by atoms with Crippen molar-refractivity contribution in [3.8, 4) is 0 Å². The molecule has 140 valence electrons. The molecule has 2 heterocycles. The van der Waals surface area contributed by atoms with E-state index in [4.69, 9.17) is 0 Å². The predicted molar refractivity (Wildman–Crippen MR) is 102 cm³/mol. The first kappa shape index (κ1) is 17.7. The number of hydrogen-bond acceptors (Lipinski definition) is 3. The lowest BCUT2D eigenvalue weighted by molar-refractivity contribution is 0.577. The molecule has 1 aliphatic rings.